The number of rotatable bonds is 2. The molecule has 0 saturated carbocycles. The van der Waals surface area contributed by atoms with Crippen molar-refractivity contribution >= 4 is 21.6 Å². The molecule has 3 nitrogen and oxygen atoms in total. The highest BCUT2D eigenvalue weighted by Crippen LogP contribution is 2.28. The third-order valence-corrected chi connectivity index (χ3v) is 4.50. The lowest BCUT2D eigenvalue weighted by molar-refractivity contribution is 0.0845. The van der Waals surface area contributed by atoms with Gasteiger partial charge >= 0.3 is 0 Å². The Morgan fingerprint density at radius 2 is 1.94 bits per heavy atom. The average molecular weight is 312 g/mol. The topological polar surface area (TPSA) is 32.5 Å². The summed E-state index contributed by atoms with van der Waals surface area (Å²) in [7, 11) is 2.18. The molecule has 0 radical (unpaired) electrons. The van der Waals surface area contributed by atoms with Crippen molar-refractivity contribution in [3.63, 3.8) is 0 Å². The smallest absolute Gasteiger partial charge is 0.0396 e. The highest BCUT2D eigenvalue weighted by atomic mass is 79.9. The van der Waals surface area contributed by atoms with E-state index in [1.807, 2.05) is 0 Å². The molecule has 1 aliphatic rings. The first-order valence-electron chi connectivity index (χ1n) is 6.37. The molecule has 2 N–H and O–H groups in total. The molecule has 18 heavy (non-hydrogen) atoms. The Bertz CT molecular complexity index is 402. The molecule has 2 rings (SSSR count). The van der Waals surface area contributed by atoms with Gasteiger partial charge < -0.3 is 10.6 Å². The summed E-state index contributed by atoms with van der Waals surface area (Å²) in [6, 6.07) is 8.94. The molecule has 1 aromatic rings. The lowest BCUT2D eigenvalue weighted by atomic mass is 9.95. The number of nitrogens with zero attached hydrogens (tertiary/aromatic N) is 2. The molecular formula is C14H22BrN3. The maximum absolute atomic E-state index is 5.90. The summed E-state index contributed by atoms with van der Waals surface area (Å²) in [5, 5.41) is 0. The number of likely N-dealkylation sites (N-methyl/N-ethyl adjacent to an activating group) is 1. The Morgan fingerprint density at radius 3 is 2.50 bits per heavy atom. The second-order valence-electron chi connectivity index (χ2n) is 5.67. The number of hydrogen-bond donors (Lipinski definition) is 1. The molecular weight excluding hydrogens is 290 g/mol. The molecule has 1 aromatic carbocycles. The fraction of sp³-hybridized carbons (Fsp3) is 0.571. The first-order chi connectivity index (χ1) is 8.44. The third-order valence-electron chi connectivity index (χ3n) is 3.98. The van der Waals surface area contributed by atoms with E-state index in [1.54, 1.807) is 0 Å². The van der Waals surface area contributed by atoms with Crippen LogP contribution in [0, 0.1) is 0 Å². The predicted molar refractivity (Wildman–Crippen MR) is 81.0 cm³/mol. The van der Waals surface area contributed by atoms with Gasteiger partial charge in [-0.05, 0) is 45.2 Å². The van der Waals surface area contributed by atoms with Crippen molar-refractivity contribution < 1.29 is 0 Å². The van der Waals surface area contributed by atoms with Crippen LogP contribution >= 0.6 is 15.9 Å². The van der Waals surface area contributed by atoms with E-state index >= 15 is 0 Å². The highest BCUT2D eigenvalue weighted by Gasteiger charge is 2.36. The zero-order valence-corrected chi connectivity index (χ0v) is 12.9. The Morgan fingerprint density at radius 1 is 1.33 bits per heavy atom. The Balaban J connectivity index is 2.22. The SMILES string of the molecule is CN1C(CN)CN(c2ccc(Br)cc2)CC1(C)C. The zero-order chi connectivity index (χ0) is 13.3. The van der Waals surface area contributed by atoms with Gasteiger partial charge in [-0.3, -0.25) is 4.90 Å². The van der Waals surface area contributed by atoms with Crippen LogP contribution in [0.25, 0.3) is 0 Å². The second-order valence-corrected chi connectivity index (χ2v) is 6.59. The molecule has 1 heterocycles. The van der Waals surface area contributed by atoms with Crippen molar-refractivity contribution in [1.29, 1.82) is 0 Å². The van der Waals surface area contributed by atoms with Crippen LogP contribution in [0.1, 0.15) is 13.8 Å². The maximum Gasteiger partial charge on any atom is 0.0396 e. The van der Waals surface area contributed by atoms with E-state index in [0.717, 1.165) is 17.6 Å². The summed E-state index contributed by atoms with van der Waals surface area (Å²) in [5.74, 6) is 0. The van der Waals surface area contributed by atoms with E-state index in [4.69, 9.17) is 5.73 Å². The number of benzene rings is 1. The third kappa shape index (κ3) is 2.71. The monoisotopic (exact) mass is 311 g/mol. The minimum absolute atomic E-state index is 0.148. The summed E-state index contributed by atoms with van der Waals surface area (Å²) in [4.78, 5) is 4.84. The molecule has 100 valence electrons. The van der Waals surface area contributed by atoms with Gasteiger partial charge in [-0.2, -0.15) is 0 Å². The van der Waals surface area contributed by atoms with Crippen molar-refractivity contribution in [3.05, 3.63) is 28.7 Å². The molecule has 0 amide bonds. The minimum atomic E-state index is 0.148. The van der Waals surface area contributed by atoms with Gasteiger partial charge in [0.2, 0.25) is 0 Å². The molecule has 0 aromatic heterocycles. The fourth-order valence-corrected chi connectivity index (χ4v) is 2.86. The van der Waals surface area contributed by atoms with Gasteiger partial charge in [-0.1, -0.05) is 15.9 Å². The first kappa shape index (κ1) is 13.8. The van der Waals surface area contributed by atoms with E-state index < -0.39 is 0 Å². The molecule has 1 saturated heterocycles. The van der Waals surface area contributed by atoms with Crippen LogP contribution in [-0.2, 0) is 0 Å². The van der Waals surface area contributed by atoms with Gasteiger partial charge in [0.15, 0.2) is 0 Å². The van der Waals surface area contributed by atoms with Crippen LogP contribution in [0.2, 0.25) is 0 Å². The van der Waals surface area contributed by atoms with Crippen molar-refractivity contribution in [2.45, 2.75) is 25.4 Å². The first-order valence-corrected chi connectivity index (χ1v) is 7.17. The van der Waals surface area contributed by atoms with E-state index in [9.17, 15) is 0 Å². The molecule has 0 bridgehead atoms. The zero-order valence-electron chi connectivity index (χ0n) is 11.4. The van der Waals surface area contributed by atoms with Crippen molar-refractivity contribution in [2.24, 2.45) is 5.73 Å². The second kappa shape index (κ2) is 5.19. The Labute approximate surface area is 118 Å². The summed E-state index contributed by atoms with van der Waals surface area (Å²) in [6.45, 7) is 7.29. The quantitative estimate of drug-likeness (QED) is 0.909. The van der Waals surface area contributed by atoms with Gasteiger partial charge in [0.25, 0.3) is 0 Å². The minimum Gasteiger partial charge on any atom is -0.368 e. The summed E-state index contributed by atoms with van der Waals surface area (Å²) in [6.07, 6.45) is 0. The Kier molecular flexibility index (Phi) is 3.99. The molecule has 1 atom stereocenters. The summed E-state index contributed by atoms with van der Waals surface area (Å²) in [5.41, 5.74) is 7.33. The average Bonchev–Trinajstić information content (AvgIpc) is 2.33. The lowest BCUT2D eigenvalue weighted by Gasteiger charge is -2.50. The summed E-state index contributed by atoms with van der Waals surface area (Å²) >= 11 is 3.48. The summed E-state index contributed by atoms with van der Waals surface area (Å²) < 4.78 is 1.12. The van der Waals surface area contributed by atoms with Crippen molar-refractivity contribution in [2.75, 3.05) is 31.6 Å². The van der Waals surface area contributed by atoms with E-state index in [-0.39, 0.29) is 5.54 Å². The molecule has 0 spiro atoms. The Hall–Kier alpha value is -0.580. The standard InChI is InChI=1S/C14H22BrN3/c1-14(2)10-18(9-13(8-16)17(14)3)12-6-4-11(15)5-7-12/h4-7,13H,8-10,16H2,1-3H3. The van der Waals surface area contributed by atoms with Crippen LogP contribution in [0.4, 0.5) is 5.69 Å². The number of piperazine rings is 1. The van der Waals surface area contributed by atoms with Gasteiger partial charge in [-0.15, -0.1) is 0 Å². The van der Waals surface area contributed by atoms with E-state index in [0.29, 0.717) is 12.6 Å². The van der Waals surface area contributed by atoms with Gasteiger partial charge in [0.1, 0.15) is 0 Å². The highest BCUT2D eigenvalue weighted by molar-refractivity contribution is 9.10. The predicted octanol–water partition coefficient (Wildman–Crippen LogP) is 2.31. The molecule has 1 unspecified atom stereocenters. The molecule has 1 aliphatic heterocycles. The maximum atomic E-state index is 5.90. The number of halogens is 1. The number of anilines is 1. The largest absolute Gasteiger partial charge is 0.368 e. The van der Waals surface area contributed by atoms with Crippen LogP contribution in [0.3, 0.4) is 0 Å². The van der Waals surface area contributed by atoms with Gasteiger partial charge in [-0.25, -0.2) is 0 Å². The normalized spacial score (nSPS) is 24.3. The van der Waals surface area contributed by atoms with Crippen LogP contribution in [-0.4, -0.2) is 43.2 Å². The van der Waals surface area contributed by atoms with Gasteiger partial charge in [0.05, 0.1) is 0 Å². The fourth-order valence-electron chi connectivity index (χ4n) is 2.60. The van der Waals surface area contributed by atoms with Crippen molar-refractivity contribution in [3.8, 4) is 0 Å². The number of hydrogen-bond acceptors (Lipinski definition) is 3. The van der Waals surface area contributed by atoms with Crippen molar-refractivity contribution in [1.82, 2.24) is 4.90 Å². The van der Waals surface area contributed by atoms with Crippen LogP contribution in [0.15, 0.2) is 28.7 Å². The number of nitrogens with two attached hydrogens (primary N) is 1. The van der Waals surface area contributed by atoms with Gasteiger partial charge in [0, 0.05) is 41.4 Å². The van der Waals surface area contributed by atoms with Crippen LogP contribution in [0.5, 0.6) is 0 Å². The van der Waals surface area contributed by atoms with Crippen LogP contribution < -0.4 is 10.6 Å². The molecule has 0 aliphatic carbocycles. The van der Waals surface area contributed by atoms with E-state index in [2.05, 4.69) is 70.9 Å². The molecule has 1 fully saturated rings. The van der Waals surface area contributed by atoms with E-state index in [1.165, 1.54) is 5.69 Å². The molecule has 4 heteroatoms. The lowest BCUT2D eigenvalue weighted by Crippen LogP contribution is -2.64.